The highest BCUT2D eigenvalue weighted by Gasteiger charge is 2.28. The fraction of sp³-hybridized carbons (Fsp3) is 0.417. The minimum Gasteiger partial charge on any atom is -0.493 e. The van der Waals surface area contributed by atoms with Crippen molar-refractivity contribution in [1.29, 1.82) is 0 Å². The van der Waals surface area contributed by atoms with Crippen molar-refractivity contribution >= 4 is 39.6 Å². The normalized spacial score (nSPS) is 14.3. The number of rotatable bonds is 7. The Labute approximate surface area is 200 Å². The molecule has 1 aliphatic heterocycles. The van der Waals surface area contributed by atoms with Gasteiger partial charge >= 0.3 is 5.97 Å². The number of pyridine rings is 1. The molecule has 11 nitrogen and oxygen atoms in total. The summed E-state index contributed by atoms with van der Waals surface area (Å²) in [6, 6.07) is 6.90. The number of nitrogens with one attached hydrogen (secondary N) is 2. The van der Waals surface area contributed by atoms with E-state index < -0.39 is 24.0 Å². The van der Waals surface area contributed by atoms with Crippen LogP contribution in [0.25, 0.3) is 21.8 Å². The van der Waals surface area contributed by atoms with E-state index in [2.05, 4.69) is 10.3 Å². The van der Waals surface area contributed by atoms with E-state index in [1.807, 2.05) is 0 Å². The number of carbonyl (C=O) groups excluding carboxylic acids is 3. The molecular weight excluding hydrogens is 456 g/mol. The third-order valence-corrected chi connectivity index (χ3v) is 6.22. The van der Waals surface area contributed by atoms with Crippen LogP contribution in [0.15, 0.2) is 29.1 Å². The Morgan fingerprint density at radius 1 is 1.20 bits per heavy atom. The van der Waals surface area contributed by atoms with Crippen molar-refractivity contribution in [3.05, 3.63) is 40.3 Å². The quantitative estimate of drug-likeness (QED) is 0.420. The molecule has 0 aliphatic carbocycles. The van der Waals surface area contributed by atoms with E-state index >= 15 is 0 Å². The van der Waals surface area contributed by atoms with Crippen molar-refractivity contribution < 1.29 is 29.0 Å². The van der Waals surface area contributed by atoms with Crippen molar-refractivity contribution in [3.8, 4) is 5.75 Å². The maximum absolute atomic E-state index is 13.5. The van der Waals surface area contributed by atoms with Crippen molar-refractivity contribution in [2.45, 2.75) is 32.4 Å². The van der Waals surface area contributed by atoms with Gasteiger partial charge in [0, 0.05) is 24.5 Å². The number of carbonyl (C=O) groups is 3. The van der Waals surface area contributed by atoms with Gasteiger partial charge in [0.15, 0.2) is 5.75 Å². The monoisotopic (exact) mass is 484 g/mol. The molecule has 3 aromatic rings. The molecule has 1 aromatic carbocycles. The number of hydrogen-bond donors (Lipinski definition) is 3. The average Bonchev–Trinajstić information content (AvgIpc) is 3.27. The van der Waals surface area contributed by atoms with Crippen LogP contribution in [0.1, 0.15) is 30.3 Å². The summed E-state index contributed by atoms with van der Waals surface area (Å²) >= 11 is 0. The predicted molar refractivity (Wildman–Crippen MR) is 127 cm³/mol. The van der Waals surface area contributed by atoms with Crippen LogP contribution < -0.4 is 15.6 Å². The van der Waals surface area contributed by atoms with Crippen LogP contribution in [0.2, 0.25) is 0 Å². The molecule has 0 bridgehead atoms. The van der Waals surface area contributed by atoms with Gasteiger partial charge in [-0.05, 0) is 25.8 Å². The molecule has 0 radical (unpaired) electrons. The molecule has 1 aliphatic rings. The third kappa shape index (κ3) is 4.59. The fourth-order valence-electron chi connectivity index (χ4n) is 4.54. The highest BCUT2D eigenvalue weighted by molar-refractivity contribution is 6.11. The molecule has 0 unspecified atom stereocenters. The third-order valence-electron chi connectivity index (χ3n) is 6.22. The smallest absolute Gasteiger partial charge is 0.326 e. The molecule has 35 heavy (non-hydrogen) atoms. The van der Waals surface area contributed by atoms with E-state index in [0.717, 1.165) is 0 Å². The first-order valence-corrected chi connectivity index (χ1v) is 11.5. The number of aliphatic hydroxyl groups is 1. The Hall–Kier alpha value is -3.86. The van der Waals surface area contributed by atoms with Crippen LogP contribution in [0.5, 0.6) is 5.75 Å². The summed E-state index contributed by atoms with van der Waals surface area (Å²) in [5, 5.41) is 12.8. The summed E-state index contributed by atoms with van der Waals surface area (Å²) in [5.41, 5.74) is 0.591. The number of amides is 2. The number of likely N-dealkylation sites (tertiary alicyclic amines) is 1. The van der Waals surface area contributed by atoms with Gasteiger partial charge in [-0.25, -0.2) is 0 Å². The Kier molecular flexibility index (Phi) is 7.06. The Morgan fingerprint density at radius 2 is 1.91 bits per heavy atom. The number of fused-ring (bicyclic) bond motifs is 3. The lowest BCUT2D eigenvalue weighted by molar-refractivity contribution is -0.143. The van der Waals surface area contributed by atoms with Gasteiger partial charge < -0.3 is 29.8 Å². The fourth-order valence-corrected chi connectivity index (χ4v) is 4.54. The first-order chi connectivity index (χ1) is 16.9. The molecule has 2 aromatic heterocycles. The van der Waals surface area contributed by atoms with E-state index in [9.17, 15) is 19.2 Å². The zero-order chi connectivity index (χ0) is 25.1. The van der Waals surface area contributed by atoms with Gasteiger partial charge in [-0.1, -0.05) is 18.2 Å². The molecular formula is C24H28N4O7. The molecule has 186 valence electrons. The summed E-state index contributed by atoms with van der Waals surface area (Å²) in [6.07, 6.45) is 1.07. The van der Waals surface area contributed by atoms with Crippen LogP contribution in [-0.4, -0.2) is 76.8 Å². The van der Waals surface area contributed by atoms with E-state index in [-0.39, 0.29) is 41.9 Å². The second kappa shape index (κ2) is 10.2. The molecule has 11 heteroatoms. The summed E-state index contributed by atoms with van der Waals surface area (Å²) in [5.74, 6) is -1.22. The topological polar surface area (TPSA) is 143 Å². The van der Waals surface area contributed by atoms with Crippen LogP contribution in [-0.2, 0) is 20.9 Å². The standard InChI is InChI=1S/C24H28N4O7/c1-3-35-18(31)12-28-16-7-5-4-6-15(16)20-19(24(28)33)22(34-2)21(26-20)23(32)25-14-8-10-27(11-9-14)17(30)13-29/h4-7,14,26,29H,3,8-13H2,1-2H3,(H,25,32). The number of nitrogens with zero attached hydrogens (tertiary/aromatic N) is 2. The molecule has 2 amide bonds. The van der Waals surface area contributed by atoms with Gasteiger partial charge in [-0.15, -0.1) is 0 Å². The second-order valence-corrected chi connectivity index (χ2v) is 8.28. The molecule has 0 atom stereocenters. The molecule has 0 spiro atoms. The average molecular weight is 485 g/mol. The van der Waals surface area contributed by atoms with Gasteiger partial charge in [0.25, 0.3) is 11.5 Å². The lowest BCUT2D eigenvalue weighted by Crippen LogP contribution is -2.47. The maximum Gasteiger partial charge on any atom is 0.326 e. The minimum absolute atomic E-state index is 0.0961. The first-order valence-electron chi connectivity index (χ1n) is 11.5. The predicted octanol–water partition coefficient (Wildman–Crippen LogP) is 0.768. The van der Waals surface area contributed by atoms with Crippen LogP contribution in [0.4, 0.5) is 0 Å². The first kappa shape index (κ1) is 24.3. The van der Waals surface area contributed by atoms with Gasteiger partial charge in [-0.3, -0.25) is 23.7 Å². The van der Waals surface area contributed by atoms with Crippen LogP contribution in [0.3, 0.4) is 0 Å². The number of aromatic nitrogens is 2. The van der Waals surface area contributed by atoms with Crippen molar-refractivity contribution in [1.82, 2.24) is 19.8 Å². The number of piperidine rings is 1. The molecule has 1 fully saturated rings. The molecule has 3 heterocycles. The summed E-state index contributed by atoms with van der Waals surface area (Å²) in [7, 11) is 1.38. The van der Waals surface area contributed by atoms with E-state index in [1.165, 1.54) is 11.7 Å². The summed E-state index contributed by atoms with van der Waals surface area (Å²) in [6.45, 7) is 1.93. The molecule has 1 saturated heterocycles. The van der Waals surface area contributed by atoms with Gasteiger partial charge in [0.2, 0.25) is 5.91 Å². The van der Waals surface area contributed by atoms with Crippen molar-refractivity contribution in [3.63, 3.8) is 0 Å². The van der Waals surface area contributed by atoms with E-state index in [1.54, 1.807) is 36.1 Å². The SMILES string of the molecule is CCOC(=O)Cn1c(=O)c2c(OC)c(C(=O)NC3CCN(C(=O)CO)CC3)[nH]c2c2ccccc21. The number of para-hydroxylation sites is 1. The number of H-pyrrole nitrogens is 1. The van der Waals surface area contributed by atoms with Crippen LogP contribution in [0, 0.1) is 0 Å². The number of benzene rings is 1. The molecule has 3 N–H and O–H groups in total. The number of methoxy groups -OCH3 is 1. The Bertz CT molecular complexity index is 1340. The van der Waals surface area contributed by atoms with Crippen LogP contribution >= 0.6 is 0 Å². The van der Waals surface area contributed by atoms with Gasteiger partial charge in [0.1, 0.15) is 24.2 Å². The van der Waals surface area contributed by atoms with E-state index in [0.29, 0.717) is 42.4 Å². The number of hydrogen-bond acceptors (Lipinski definition) is 7. The Morgan fingerprint density at radius 3 is 2.57 bits per heavy atom. The largest absolute Gasteiger partial charge is 0.493 e. The number of aromatic amines is 1. The molecule has 4 rings (SSSR count). The lowest BCUT2D eigenvalue weighted by Gasteiger charge is -2.32. The zero-order valence-electron chi connectivity index (χ0n) is 19.6. The van der Waals surface area contributed by atoms with Crippen molar-refractivity contribution in [2.75, 3.05) is 33.4 Å². The minimum atomic E-state index is -0.544. The van der Waals surface area contributed by atoms with Gasteiger partial charge in [-0.2, -0.15) is 0 Å². The van der Waals surface area contributed by atoms with Gasteiger partial charge in [0.05, 0.1) is 24.8 Å². The molecule has 0 saturated carbocycles. The zero-order valence-corrected chi connectivity index (χ0v) is 19.6. The summed E-state index contributed by atoms with van der Waals surface area (Å²) < 4.78 is 11.9. The number of ether oxygens (including phenoxy) is 2. The van der Waals surface area contributed by atoms with Crippen molar-refractivity contribution in [2.24, 2.45) is 0 Å². The Balaban J connectivity index is 1.71. The second-order valence-electron chi connectivity index (χ2n) is 8.28. The maximum atomic E-state index is 13.5. The number of aliphatic hydroxyl groups excluding tert-OH is 1. The highest BCUT2D eigenvalue weighted by atomic mass is 16.5. The highest BCUT2D eigenvalue weighted by Crippen LogP contribution is 2.32. The number of esters is 1. The van der Waals surface area contributed by atoms with E-state index in [4.69, 9.17) is 14.6 Å². The lowest BCUT2D eigenvalue weighted by atomic mass is 10.0. The summed E-state index contributed by atoms with van der Waals surface area (Å²) in [4.78, 5) is 55.2.